The molecule has 0 atom stereocenters. The van der Waals surface area contributed by atoms with Gasteiger partial charge in [0.2, 0.25) is 0 Å². The Morgan fingerprint density at radius 2 is 2.30 bits per heavy atom. The van der Waals surface area contributed by atoms with Crippen LogP contribution in [0.4, 0.5) is 0 Å². The summed E-state index contributed by atoms with van der Waals surface area (Å²) in [5.41, 5.74) is 0.888. The molecule has 0 saturated heterocycles. The van der Waals surface area contributed by atoms with Crippen LogP contribution < -0.4 is 0 Å². The first-order valence-electron chi connectivity index (χ1n) is 2.92. The lowest BCUT2D eigenvalue weighted by Gasteiger charge is -1.91. The van der Waals surface area contributed by atoms with Gasteiger partial charge in [-0.25, -0.2) is 0 Å². The van der Waals surface area contributed by atoms with Gasteiger partial charge in [-0.05, 0) is 12.1 Å². The van der Waals surface area contributed by atoms with Crippen molar-refractivity contribution < 1.29 is 0 Å². The number of rotatable bonds is 2. The summed E-state index contributed by atoms with van der Waals surface area (Å²) in [6, 6.07) is 3.55. The monoisotopic (exact) mass is 154 g/mol. The lowest BCUT2D eigenvalue weighted by Crippen LogP contribution is -1.89. The number of aromatic nitrogens is 2. The maximum absolute atomic E-state index is 5.51. The van der Waals surface area contributed by atoms with Crippen molar-refractivity contribution >= 4 is 11.6 Å². The highest BCUT2D eigenvalue weighted by Gasteiger charge is 1.90. The summed E-state index contributed by atoms with van der Waals surface area (Å²) in [6.07, 6.45) is 2.52. The van der Waals surface area contributed by atoms with E-state index in [2.05, 4.69) is 16.8 Å². The standard InChI is InChI=1S/C7H7ClN2/c1-2-3-6-4-5-7(8)10-9-6/h2,4-5H,1,3H2. The van der Waals surface area contributed by atoms with Crippen molar-refractivity contribution in [2.24, 2.45) is 0 Å². The molecule has 0 aliphatic carbocycles. The molecule has 0 N–H and O–H groups in total. The maximum Gasteiger partial charge on any atom is 0.151 e. The normalized spacial score (nSPS) is 9.30. The van der Waals surface area contributed by atoms with Gasteiger partial charge in [0.25, 0.3) is 0 Å². The second kappa shape index (κ2) is 3.32. The van der Waals surface area contributed by atoms with Gasteiger partial charge >= 0.3 is 0 Å². The van der Waals surface area contributed by atoms with Crippen LogP contribution in [0.15, 0.2) is 24.8 Å². The second-order valence-electron chi connectivity index (χ2n) is 1.84. The molecule has 0 bridgehead atoms. The van der Waals surface area contributed by atoms with Gasteiger partial charge in [0.1, 0.15) is 0 Å². The molecule has 1 aromatic rings. The molecule has 0 saturated carbocycles. The number of nitrogens with zero attached hydrogens (tertiary/aromatic N) is 2. The summed E-state index contributed by atoms with van der Waals surface area (Å²) >= 11 is 5.51. The molecule has 1 rings (SSSR count). The van der Waals surface area contributed by atoms with E-state index in [1.165, 1.54) is 0 Å². The van der Waals surface area contributed by atoms with Gasteiger partial charge in [-0.15, -0.1) is 11.7 Å². The highest BCUT2D eigenvalue weighted by Crippen LogP contribution is 2.02. The van der Waals surface area contributed by atoms with Crippen LogP contribution in [0.2, 0.25) is 5.15 Å². The Bertz CT molecular complexity index is 218. The molecule has 1 heterocycles. The first kappa shape index (κ1) is 7.22. The van der Waals surface area contributed by atoms with Crippen LogP contribution >= 0.6 is 11.6 Å². The Balaban J connectivity index is 2.78. The molecule has 0 aliphatic rings. The zero-order valence-corrected chi connectivity index (χ0v) is 6.17. The lowest BCUT2D eigenvalue weighted by atomic mass is 10.3. The zero-order chi connectivity index (χ0) is 7.40. The van der Waals surface area contributed by atoms with Gasteiger partial charge in [-0.3, -0.25) is 0 Å². The highest BCUT2D eigenvalue weighted by atomic mass is 35.5. The lowest BCUT2D eigenvalue weighted by molar-refractivity contribution is 0.949. The molecule has 0 aliphatic heterocycles. The van der Waals surface area contributed by atoms with Gasteiger partial charge in [-0.1, -0.05) is 17.7 Å². The molecule has 0 amide bonds. The maximum atomic E-state index is 5.51. The molecular weight excluding hydrogens is 148 g/mol. The third kappa shape index (κ3) is 1.81. The topological polar surface area (TPSA) is 25.8 Å². The van der Waals surface area contributed by atoms with E-state index in [1.54, 1.807) is 12.1 Å². The molecule has 0 fully saturated rings. The van der Waals surface area contributed by atoms with Crippen molar-refractivity contribution in [2.45, 2.75) is 6.42 Å². The number of hydrogen-bond acceptors (Lipinski definition) is 2. The van der Waals surface area contributed by atoms with Crippen LogP contribution in [0.1, 0.15) is 5.69 Å². The Kier molecular flexibility index (Phi) is 2.40. The van der Waals surface area contributed by atoms with E-state index >= 15 is 0 Å². The van der Waals surface area contributed by atoms with E-state index in [0.29, 0.717) is 5.15 Å². The second-order valence-corrected chi connectivity index (χ2v) is 2.23. The van der Waals surface area contributed by atoms with E-state index in [9.17, 15) is 0 Å². The fourth-order valence-electron chi connectivity index (χ4n) is 0.600. The van der Waals surface area contributed by atoms with Crippen LogP contribution in [0.5, 0.6) is 0 Å². The average Bonchev–Trinajstić information content (AvgIpc) is 1.95. The zero-order valence-electron chi connectivity index (χ0n) is 5.42. The Morgan fingerprint density at radius 1 is 1.50 bits per heavy atom. The highest BCUT2D eigenvalue weighted by molar-refractivity contribution is 6.29. The quantitative estimate of drug-likeness (QED) is 0.608. The Morgan fingerprint density at radius 3 is 2.80 bits per heavy atom. The third-order valence-corrected chi connectivity index (χ3v) is 1.24. The van der Waals surface area contributed by atoms with E-state index < -0.39 is 0 Å². The van der Waals surface area contributed by atoms with Crippen molar-refractivity contribution in [1.29, 1.82) is 0 Å². The molecule has 0 unspecified atom stereocenters. The SMILES string of the molecule is C=CCc1ccc(Cl)nn1. The van der Waals surface area contributed by atoms with Crippen LogP contribution in [0, 0.1) is 0 Å². The van der Waals surface area contributed by atoms with E-state index in [0.717, 1.165) is 12.1 Å². The van der Waals surface area contributed by atoms with Crippen LogP contribution in [-0.4, -0.2) is 10.2 Å². The summed E-state index contributed by atoms with van der Waals surface area (Å²) < 4.78 is 0. The molecule has 0 spiro atoms. The molecule has 0 aromatic carbocycles. The number of halogens is 1. The summed E-state index contributed by atoms with van der Waals surface area (Å²) in [7, 11) is 0. The number of allylic oxidation sites excluding steroid dienone is 1. The molecular formula is C7H7ClN2. The van der Waals surface area contributed by atoms with Gasteiger partial charge in [-0.2, -0.15) is 5.10 Å². The van der Waals surface area contributed by atoms with Crippen molar-refractivity contribution in [2.75, 3.05) is 0 Å². The predicted molar refractivity (Wildman–Crippen MR) is 40.9 cm³/mol. The van der Waals surface area contributed by atoms with Crippen molar-refractivity contribution in [3.8, 4) is 0 Å². The summed E-state index contributed by atoms with van der Waals surface area (Å²) in [5.74, 6) is 0. The minimum atomic E-state index is 0.424. The predicted octanol–water partition coefficient (Wildman–Crippen LogP) is 1.86. The van der Waals surface area contributed by atoms with E-state index in [1.807, 2.05) is 6.07 Å². The van der Waals surface area contributed by atoms with Crippen LogP contribution in [-0.2, 0) is 6.42 Å². The van der Waals surface area contributed by atoms with Gasteiger partial charge in [0.05, 0.1) is 5.69 Å². The molecule has 2 nitrogen and oxygen atoms in total. The van der Waals surface area contributed by atoms with Crippen molar-refractivity contribution in [1.82, 2.24) is 10.2 Å². The van der Waals surface area contributed by atoms with Crippen molar-refractivity contribution in [3.63, 3.8) is 0 Å². The van der Waals surface area contributed by atoms with Crippen LogP contribution in [0.25, 0.3) is 0 Å². The molecule has 1 aromatic heterocycles. The Labute approximate surface area is 64.5 Å². The van der Waals surface area contributed by atoms with Gasteiger partial charge in [0.15, 0.2) is 5.15 Å². The van der Waals surface area contributed by atoms with E-state index in [-0.39, 0.29) is 0 Å². The van der Waals surface area contributed by atoms with Crippen LogP contribution in [0.3, 0.4) is 0 Å². The Hall–Kier alpha value is -0.890. The summed E-state index contributed by atoms with van der Waals surface area (Å²) in [5, 5.41) is 7.90. The fourth-order valence-corrected chi connectivity index (χ4v) is 0.701. The molecule has 0 radical (unpaired) electrons. The number of hydrogen-bond donors (Lipinski definition) is 0. The average molecular weight is 155 g/mol. The smallest absolute Gasteiger partial charge is 0.151 e. The fraction of sp³-hybridized carbons (Fsp3) is 0.143. The van der Waals surface area contributed by atoms with Crippen molar-refractivity contribution in [3.05, 3.63) is 35.6 Å². The molecule has 52 valence electrons. The molecule has 3 heteroatoms. The third-order valence-electron chi connectivity index (χ3n) is 1.04. The van der Waals surface area contributed by atoms with E-state index in [4.69, 9.17) is 11.6 Å². The first-order valence-corrected chi connectivity index (χ1v) is 3.29. The molecule has 10 heavy (non-hydrogen) atoms. The summed E-state index contributed by atoms with van der Waals surface area (Å²) in [6.45, 7) is 3.58. The minimum absolute atomic E-state index is 0.424. The van der Waals surface area contributed by atoms with Gasteiger partial charge in [0, 0.05) is 6.42 Å². The first-order chi connectivity index (χ1) is 4.83. The largest absolute Gasteiger partial charge is 0.154 e. The minimum Gasteiger partial charge on any atom is -0.154 e. The summed E-state index contributed by atoms with van der Waals surface area (Å²) in [4.78, 5) is 0. The van der Waals surface area contributed by atoms with Gasteiger partial charge < -0.3 is 0 Å².